The van der Waals surface area contributed by atoms with Crippen molar-refractivity contribution in [3.63, 3.8) is 0 Å². The number of hydrogen-bond donors (Lipinski definition) is 2. The van der Waals surface area contributed by atoms with Gasteiger partial charge in [0.15, 0.2) is 0 Å². The first-order valence-electron chi connectivity index (χ1n) is 5.97. The number of imide groups is 1. The van der Waals surface area contributed by atoms with Crippen LogP contribution >= 0.6 is 23.4 Å². The van der Waals surface area contributed by atoms with Crippen LogP contribution in [0.4, 0.5) is 4.79 Å². The molecule has 19 heavy (non-hydrogen) atoms. The first kappa shape index (κ1) is 15.9. The van der Waals surface area contributed by atoms with Crippen LogP contribution in [0.2, 0.25) is 5.02 Å². The lowest BCUT2D eigenvalue weighted by molar-refractivity contribution is -0.119. The van der Waals surface area contributed by atoms with Crippen molar-refractivity contribution in [3.8, 4) is 0 Å². The number of nitrogens with one attached hydrogen (secondary N) is 2. The monoisotopic (exact) mass is 300 g/mol. The molecule has 104 valence electrons. The Hall–Kier alpha value is -1.20. The topological polar surface area (TPSA) is 58.2 Å². The van der Waals surface area contributed by atoms with Crippen molar-refractivity contribution in [2.75, 3.05) is 6.54 Å². The average molecular weight is 301 g/mol. The smallest absolute Gasteiger partial charge is 0.321 e. The fourth-order valence-corrected chi connectivity index (χ4v) is 2.27. The lowest BCUT2D eigenvalue weighted by Crippen LogP contribution is -2.42. The number of rotatable bonds is 5. The van der Waals surface area contributed by atoms with Crippen LogP contribution in [0.5, 0.6) is 0 Å². The van der Waals surface area contributed by atoms with Gasteiger partial charge >= 0.3 is 6.03 Å². The van der Waals surface area contributed by atoms with Crippen LogP contribution in [0.25, 0.3) is 0 Å². The van der Waals surface area contributed by atoms with Crippen LogP contribution in [0.15, 0.2) is 24.3 Å². The van der Waals surface area contributed by atoms with Gasteiger partial charge in [-0.3, -0.25) is 10.1 Å². The van der Waals surface area contributed by atoms with E-state index in [2.05, 4.69) is 10.6 Å². The van der Waals surface area contributed by atoms with E-state index in [4.69, 9.17) is 11.6 Å². The Labute approximate surface area is 122 Å². The number of hydrogen-bond acceptors (Lipinski definition) is 3. The largest absolute Gasteiger partial charge is 0.338 e. The average Bonchev–Trinajstić information content (AvgIpc) is 2.37. The van der Waals surface area contributed by atoms with Crippen molar-refractivity contribution >= 4 is 35.3 Å². The summed E-state index contributed by atoms with van der Waals surface area (Å²) in [6, 6.07) is 7.02. The third-order valence-corrected chi connectivity index (χ3v) is 3.82. The van der Waals surface area contributed by atoms with Gasteiger partial charge in [-0.15, -0.1) is 11.8 Å². The van der Waals surface area contributed by atoms with E-state index in [1.807, 2.05) is 24.3 Å². The molecule has 0 saturated carbocycles. The molecule has 0 saturated heterocycles. The number of halogens is 1. The Bertz CT molecular complexity index is 437. The Balaban J connectivity index is 2.38. The van der Waals surface area contributed by atoms with E-state index in [0.717, 1.165) is 5.56 Å². The van der Waals surface area contributed by atoms with Gasteiger partial charge in [0.2, 0.25) is 5.91 Å². The first-order valence-corrected chi connectivity index (χ1v) is 7.40. The van der Waals surface area contributed by atoms with Crippen molar-refractivity contribution in [3.05, 3.63) is 34.9 Å². The highest BCUT2D eigenvalue weighted by Gasteiger charge is 2.15. The van der Waals surface area contributed by atoms with Gasteiger partial charge in [0.25, 0.3) is 0 Å². The van der Waals surface area contributed by atoms with Crippen molar-refractivity contribution in [1.82, 2.24) is 10.6 Å². The first-order chi connectivity index (χ1) is 9.02. The molecule has 0 unspecified atom stereocenters. The Morgan fingerprint density at radius 3 is 2.53 bits per heavy atom. The second kappa shape index (κ2) is 8.07. The third kappa shape index (κ3) is 5.98. The molecule has 1 aromatic rings. The molecule has 0 aliphatic carbocycles. The molecule has 0 aliphatic rings. The number of amides is 3. The van der Waals surface area contributed by atoms with Crippen LogP contribution in [0.3, 0.4) is 0 Å². The zero-order valence-corrected chi connectivity index (χ0v) is 12.5. The van der Waals surface area contributed by atoms with Gasteiger partial charge in [0.1, 0.15) is 0 Å². The summed E-state index contributed by atoms with van der Waals surface area (Å²) < 4.78 is 0. The summed E-state index contributed by atoms with van der Waals surface area (Å²) in [6.45, 7) is 4.06. The zero-order chi connectivity index (χ0) is 14.3. The molecule has 4 nitrogen and oxygen atoms in total. The summed E-state index contributed by atoms with van der Waals surface area (Å²) >= 11 is 7.26. The van der Waals surface area contributed by atoms with Gasteiger partial charge in [0.05, 0.1) is 5.25 Å². The molecule has 0 fully saturated rings. The fraction of sp³-hybridized carbons (Fsp3) is 0.385. The minimum absolute atomic E-state index is 0.287. The number of urea groups is 1. The summed E-state index contributed by atoms with van der Waals surface area (Å²) in [5.41, 5.74) is 1.09. The van der Waals surface area contributed by atoms with E-state index in [0.29, 0.717) is 17.3 Å². The predicted octanol–water partition coefficient (Wildman–Crippen LogP) is 2.81. The molecule has 3 amide bonds. The summed E-state index contributed by atoms with van der Waals surface area (Å²) in [7, 11) is 0. The quantitative estimate of drug-likeness (QED) is 0.879. The molecule has 0 aliphatic heterocycles. The molecule has 1 rings (SSSR count). The molecule has 2 N–H and O–H groups in total. The molecule has 6 heteroatoms. The summed E-state index contributed by atoms with van der Waals surface area (Å²) in [5.74, 6) is 0.408. The van der Waals surface area contributed by atoms with Gasteiger partial charge in [-0.2, -0.15) is 0 Å². The normalized spacial score (nSPS) is 11.7. The SMILES string of the molecule is CCNC(=O)NC(=O)[C@@H](C)SCc1ccc(Cl)cc1. The van der Waals surface area contributed by atoms with Crippen molar-refractivity contribution < 1.29 is 9.59 Å². The number of carbonyl (C=O) groups is 2. The molecule has 1 atom stereocenters. The standard InChI is InChI=1S/C13H17ClN2O2S/c1-3-15-13(18)16-12(17)9(2)19-8-10-4-6-11(14)7-5-10/h4-7,9H,3,8H2,1-2H3,(H2,15,16,17,18)/t9-/m1/s1. The molecule has 0 heterocycles. The predicted molar refractivity (Wildman–Crippen MR) is 79.4 cm³/mol. The second-order valence-corrected chi connectivity index (χ2v) is 5.69. The van der Waals surface area contributed by atoms with Crippen LogP contribution in [0.1, 0.15) is 19.4 Å². The molecule has 0 aromatic heterocycles. The lowest BCUT2D eigenvalue weighted by atomic mass is 10.2. The molecule has 1 aromatic carbocycles. The van der Waals surface area contributed by atoms with Crippen LogP contribution in [-0.4, -0.2) is 23.7 Å². The molecule has 0 spiro atoms. The van der Waals surface area contributed by atoms with Gasteiger partial charge in [-0.05, 0) is 31.5 Å². The van der Waals surface area contributed by atoms with E-state index in [9.17, 15) is 9.59 Å². The van der Waals surface area contributed by atoms with E-state index >= 15 is 0 Å². The molecule has 0 bridgehead atoms. The summed E-state index contributed by atoms with van der Waals surface area (Å²) in [5, 5.41) is 5.21. The second-order valence-electron chi connectivity index (χ2n) is 3.93. The number of thioether (sulfide) groups is 1. The zero-order valence-electron chi connectivity index (χ0n) is 10.9. The van der Waals surface area contributed by atoms with E-state index in [1.54, 1.807) is 13.8 Å². The van der Waals surface area contributed by atoms with Crippen molar-refractivity contribution in [2.45, 2.75) is 24.9 Å². The highest BCUT2D eigenvalue weighted by Crippen LogP contribution is 2.19. The van der Waals surface area contributed by atoms with Crippen molar-refractivity contribution in [1.29, 1.82) is 0 Å². The molecule has 0 radical (unpaired) electrons. The Morgan fingerprint density at radius 2 is 1.95 bits per heavy atom. The molecular weight excluding hydrogens is 284 g/mol. The van der Waals surface area contributed by atoms with Gasteiger partial charge in [0, 0.05) is 17.3 Å². The highest BCUT2D eigenvalue weighted by molar-refractivity contribution is 7.99. The Kier molecular flexibility index (Phi) is 6.73. The maximum atomic E-state index is 11.7. The fourth-order valence-electron chi connectivity index (χ4n) is 1.30. The lowest BCUT2D eigenvalue weighted by Gasteiger charge is -2.11. The van der Waals surface area contributed by atoms with E-state index < -0.39 is 6.03 Å². The minimum atomic E-state index is -0.452. The highest BCUT2D eigenvalue weighted by atomic mass is 35.5. The van der Waals surface area contributed by atoms with Crippen LogP contribution in [0, 0.1) is 0 Å². The summed E-state index contributed by atoms with van der Waals surface area (Å²) in [4.78, 5) is 22.9. The van der Waals surface area contributed by atoms with Crippen molar-refractivity contribution in [2.24, 2.45) is 0 Å². The van der Waals surface area contributed by atoms with Crippen LogP contribution < -0.4 is 10.6 Å². The van der Waals surface area contributed by atoms with E-state index in [1.165, 1.54) is 11.8 Å². The van der Waals surface area contributed by atoms with Gasteiger partial charge in [-0.1, -0.05) is 23.7 Å². The third-order valence-electron chi connectivity index (χ3n) is 2.36. The van der Waals surface area contributed by atoms with E-state index in [-0.39, 0.29) is 11.2 Å². The number of benzene rings is 1. The number of carbonyl (C=O) groups excluding carboxylic acids is 2. The summed E-state index contributed by atoms with van der Waals surface area (Å²) in [6.07, 6.45) is 0. The Morgan fingerprint density at radius 1 is 1.32 bits per heavy atom. The van der Waals surface area contributed by atoms with Gasteiger partial charge in [-0.25, -0.2) is 4.79 Å². The maximum Gasteiger partial charge on any atom is 0.321 e. The van der Waals surface area contributed by atoms with Crippen LogP contribution in [-0.2, 0) is 10.5 Å². The maximum absolute atomic E-state index is 11.7. The van der Waals surface area contributed by atoms with Gasteiger partial charge < -0.3 is 5.32 Å². The molecular formula is C13H17ClN2O2S. The minimum Gasteiger partial charge on any atom is -0.338 e.